The Kier molecular flexibility index (Phi) is 7.66. The van der Waals surface area contributed by atoms with Crippen LogP contribution in [-0.2, 0) is 12.7 Å². The van der Waals surface area contributed by atoms with Crippen molar-refractivity contribution < 1.29 is 27.9 Å². The highest BCUT2D eigenvalue weighted by Gasteiger charge is 2.34. The molecule has 1 amide bonds. The number of hydrogen-bond donors (Lipinski definition) is 2. The van der Waals surface area contributed by atoms with Crippen molar-refractivity contribution in [3.8, 4) is 0 Å². The highest BCUT2D eigenvalue weighted by Crippen LogP contribution is 2.33. The van der Waals surface area contributed by atoms with Gasteiger partial charge in [-0.15, -0.1) is 12.4 Å². The van der Waals surface area contributed by atoms with Crippen LogP contribution in [0.2, 0.25) is 0 Å². The third-order valence-electron chi connectivity index (χ3n) is 4.79. The van der Waals surface area contributed by atoms with E-state index in [0.717, 1.165) is 38.5 Å². The van der Waals surface area contributed by atoms with E-state index in [1.165, 1.54) is 30.3 Å². The highest BCUT2D eigenvalue weighted by molar-refractivity contribution is 5.95. The number of nitrogens with one attached hydrogen (secondary N) is 1. The minimum Gasteiger partial charge on any atom is -0.478 e. The fourth-order valence-electron chi connectivity index (χ4n) is 3.22. The number of carboxylic acids is 1. The van der Waals surface area contributed by atoms with Gasteiger partial charge in [0.2, 0.25) is 0 Å². The summed E-state index contributed by atoms with van der Waals surface area (Å²) in [6.07, 6.45) is -0.771. The number of pyridine rings is 1. The van der Waals surface area contributed by atoms with Gasteiger partial charge in [0, 0.05) is 31.4 Å². The molecule has 2 aromatic rings. The minimum atomic E-state index is -4.59. The van der Waals surface area contributed by atoms with Crippen LogP contribution in [0.1, 0.15) is 51.1 Å². The Bertz CT molecular complexity index is 898. The van der Waals surface area contributed by atoms with Gasteiger partial charge in [0.1, 0.15) is 5.82 Å². The number of alkyl halides is 3. The average molecular weight is 444 g/mol. The number of amides is 1. The summed E-state index contributed by atoms with van der Waals surface area (Å²) in [5, 5.41) is 11.4. The molecule has 30 heavy (non-hydrogen) atoms. The van der Waals surface area contributed by atoms with E-state index in [2.05, 4.69) is 10.3 Å². The molecule has 0 atom stereocenters. The van der Waals surface area contributed by atoms with Crippen LogP contribution >= 0.6 is 12.4 Å². The van der Waals surface area contributed by atoms with Gasteiger partial charge in [-0.2, -0.15) is 13.2 Å². The Morgan fingerprint density at radius 3 is 2.23 bits per heavy atom. The third kappa shape index (κ3) is 5.63. The van der Waals surface area contributed by atoms with Crippen LogP contribution in [0.3, 0.4) is 0 Å². The van der Waals surface area contributed by atoms with Crippen LogP contribution in [0.25, 0.3) is 0 Å². The normalized spacial score (nSPS) is 14.0. The smallest absolute Gasteiger partial charge is 0.418 e. The van der Waals surface area contributed by atoms with Crippen molar-refractivity contribution in [2.75, 3.05) is 18.0 Å². The topological polar surface area (TPSA) is 82.5 Å². The molecule has 162 valence electrons. The van der Waals surface area contributed by atoms with Crippen LogP contribution in [0, 0.1) is 0 Å². The highest BCUT2D eigenvalue weighted by atomic mass is 35.5. The number of carboxylic acid groups (broad SMARTS) is 1. The fourth-order valence-corrected chi connectivity index (χ4v) is 3.22. The molecule has 0 aliphatic carbocycles. The van der Waals surface area contributed by atoms with Crippen molar-refractivity contribution >= 4 is 30.1 Å². The van der Waals surface area contributed by atoms with Gasteiger partial charge in [-0.3, -0.25) is 4.79 Å². The first kappa shape index (κ1) is 23.5. The standard InChI is InChI=1S/C20H20F3N3O3.ClH/c21-20(22,23)16-12-24-17(26-8-2-1-3-9-26)10-15(16)11-25-18(27)13-4-6-14(7-5-13)19(28)29;/h4-7,10,12H,1-3,8-9,11H2,(H,25,27)(H,28,29);1H. The number of halogens is 4. The summed E-state index contributed by atoms with van der Waals surface area (Å²) < 4.78 is 40.1. The van der Waals surface area contributed by atoms with E-state index in [1.807, 2.05) is 4.90 Å². The van der Waals surface area contributed by atoms with Gasteiger partial charge in [0.15, 0.2) is 0 Å². The Balaban J connectivity index is 0.00000320. The van der Waals surface area contributed by atoms with Crippen molar-refractivity contribution in [2.45, 2.75) is 32.0 Å². The van der Waals surface area contributed by atoms with Crippen LogP contribution < -0.4 is 10.2 Å². The molecule has 3 rings (SSSR count). The number of nitrogens with zero attached hydrogens (tertiary/aromatic N) is 2. The largest absolute Gasteiger partial charge is 0.478 e. The van der Waals surface area contributed by atoms with Crippen molar-refractivity contribution in [3.05, 3.63) is 58.8 Å². The van der Waals surface area contributed by atoms with Gasteiger partial charge in [-0.25, -0.2) is 9.78 Å². The number of piperidine rings is 1. The second-order valence-corrected chi connectivity index (χ2v) is 6.81. The second kappa shape index (κ2) is 9.80. The molecule has 2 N–H and O–H groups in total. The molecule has 1 aliphatic rings. The number of rotatable bonds is 5. The van der Waals surface area contributed by atoms with Crippen molar-refractivity contribution in [3.63, 3.8) is 0 Å². The van der Waals surface area contributed by atoms with Gasteiger partial charge < -0.3 is 15.3 Å². The maximum Gasteiger partial charge on any atom is 0.418 e. The quantitative estimate of drug-likeness (QED) is 0.725. The number of aromatic nitrogens is 1. The Morgan fingerprint density at radius 2 is 1.67 bits per heavy atom. The zero-order valence-corrected chi connectivity index (χ0v) is 16.7. The van der Waals surface area contributed by atoms with E-state index >= 15 is 0 Å². The number of benzene rings is 1. The molecule has 1 fully saturated rings. The zero-order valence-electron chi connectivity index (χ0n) is 15.9. The summed E-state index contributed by atoms with van der Waals surface area (Å²) in [6, 6.07) is 6.53. The minimum absolute atomic E-state index is 0. The van der Waals surface area contributed by atoms with Gasteiger partial charge in [0.25, 0.3) is 5.91 Å². The number of hydrogen-bond acceptors (Lipinski definition) is 4. The predicted octanol–water partition coefficient (Wildman–Crippen LogP) is 4.14. The number of carbonyl (C=O) groups excluding carboxylic acids is 1. The van der Waals surface area contributed by atoms with Crippen molar-refractivity contribution in [2.24, 2.45) is 0 Å². The molecule has 0 spiro atoms. The predicted molar refractivity (Wildman–Crippen MR) is 107 cm³/mol. The molecular weight excluding hydrogens is 423 g/mol. The van der Waals surface area contributed by atoms with Gasteiger partial charge >= 0.3 is 12.1 Å². The van der Waals surface area contributed by atoms with E-state index < -0.39 is 23.6 Å². The monoisotopic (exact) mass is 443 g/mol. The van der Waals surface area contributed by atoms with Gasteiger partial charge in [0.05, 0.1) is 11.1 Å². The summed E-state index contributed by atoms with van der Waals surface area (Å²) in [5.74, 6) is -1.26. The third-order valence-corrected chi connectivity index (χ3v) is 4.79. The molecule has 10 heteroatoms. The summed E-state index contributed by atoms with van der Waals surface area (Å²) >= 11 is 0. The van der Waals surface area contributed by atoms with Crippen molar-refractivity contribution in [1.29, 1.82) is 0 Å². The Labute approximate surface area is 177 Å². The first-order valence-electron chi connectivity index (χ1n) is 9.18. The molecule has 1 aromatic heterocycles. The fraction of sp³-hybridized carbons (Fsp3) is 0.350. The van der Waals surface area contributed by atoms with Crippen LogP contribution in [-0.4, -0.2) is 35.1 Å². The van der Waals surface area contributed by atoms with Crippen LogP contribution in [0.15, 0.2) is 36.5 Å². The molecule has 0 unspecified atom stereocenters. The first-order chi connectivity index (χ1) is 13.8. The van der Waals surface area contributed by atoms with Gasteiger partial charge in [-0.1, -0.05) is 0 Å². The second-order valence-electron chi connectivity index (χ2n) is 6.81. The van der Waals surface area contributed by atoms with E-state index in [-0.39, 0.29) is 35.6 Å². The lowest BCUT2D eigenvalue weighted by Gasteiger charge is -2.28. The summed E-state index contributed by atoms with van der Waals surface area (Å²) in [7, 11) is 0. The number of anilines is 1. The molecule has 6 nitrogen and oxygen atoms in total. The molecular formula is C20H21ClF3N3O3. The lowest BCUT2D eigenvalue weighted by molar-refractivity contribution is -0.138. The summed E-state index contributed by atoms with van der Waals surface area (Å²) in [5.41, 5.74) is -0.779. The lowest BCUT2D eigenvalue weighted by Crippen LogP contribution is -2.31. The molecule has 1 aromatic carbocycles. The molecule has 0 radical (unpaired) electrons. The lowest BCUT2D eigenvalue weighted by atomic mass is 10.1. The zero-order chi connectivity index (χ0) is 21.0. The van der Waals surface area contributed by atoms with Crippen LogP contribution in [0.4, 0.5) is 19.0 Å². The van der Waals surface area contributed by atoms with Crippen LogP contribution in [0.5, 0.6) is 0 Å². The van der Waals surface area contributed by atoms with E-state index in [9.17, 15) is 22.8 Å². The molecule has 1 saturated heterocycles. The van der Waals surface area contributed by atoms with E-state index in [1.54, 1.807) is 0 Å². The number of carbonyl (C=O) groups is 2. The molecule has 2 heterocycles. The summed E-state index contributed by atoms with van der Waals surface area (Å²) in [6.45, 7) is 1.15. The van der Waals surface area contributed by atoms with E-state index in [0.29, 0.717) is 5.82 Å². The SMILES string of the molecule is Cl.O=C(O)c1ccc(C(=O)NCc2cc(N3CCCCC3)ncc2C(F)(F)F)cc1. The molecule has 1 aliphatic heterocycles. The maximum atomic E-state index is 13.4. The van der Waals surface area contributed by atoms with Gasteiger partial charge in [-0.05, 0) is 55.2 Å². The average Bonchev–Trinajstić information content (AvgIpc) is 2.71. The van der Waals surface area contributed by atoms with Crippen molar-refractivity contribution in [1.82, 2.24) is 10.3 Å². The first-order valence-corrected chi connectivity index (χ1v) is 9.18. The summed E-state index contributed by atoms with van der Waals surface area (Å²) in [4.78, 5) is 29.1. The maximum absolute atomic E-state index is 13.4. The number of aromatic carboxylic acids is 1. The van der Waals surface area contributed by atoms with E-state index in [4.69, 9.17) is 5.11 Å². The Morgan fingerprint density at radius 1 is 1.07 bits per heavy atom. The molecule has 0 bridgehead atoms. The Hall–Kier alpha value is -2.81. The molecule has 0 saturated carbocycles.